The van der Waals surface area contributed by atoms with Crippen LogP contribution in [-0.2, 0) is 16.1 Å². The molecule has 186 valence electrons. The largest absolute Gasteiger partial charge is 0.497 e. The van der Waals surface area contributed by atoms with Crippen LogP contribution in [0.1, 0.15) is 51.5 Å². The van der Waals surface area contributed by atoms with Crippen molar-refractivity contribution >= 4 is 11.8 Å². The Morgan fingerprint density at radius 2 is 1.47 bits per heavy atom. The molecule has 7 heteroatoms. The Morgan fingerprint density at radius 3 is 2.03 bits per heavy atom. The Labute approximate surface area is 203 Å². The van der Waals surface area contributed by atoms with Crippen LogP contribution in [0.25, 0.3) is 0 Å². The predicted molar refractivity (Wildman–Crippen MR) is 133 cm³/mol. The first kappa shape index (κ1) is 27.0. The molecular weight excluding hydrogens is 432 g/mol. The molecule has 1 unspecified atom stereocenters. The van der Waals surface area contributed by atoms with Crippen molar-refractivity contribution in [2.75, 3.05) is 27.4 Å². The monoisotopic (exact) mass is 470 g/mol. The molecule has 0 aliphatic heterocycles. The van der Waals surface area contributed by atoms with E-state index in [4.69, 9.17) is 14.2 Å². The molecule has 0 aliphatic carbocycles. The average molecular weight is 471 g/mol. The van der Waals surface area contributed by atoms with Crippen molar-refractivity contribution in [3.05, 3.63) is 54.1 Å². The Kier molecular flexibility index (Phi) is 11.8. The average Bonchev–Trinajstić information content (AvgIpc) is 2.87. The number of amides is 2. The van der Waals surface area contributed by atoms with E-state index in [1.807, 2.05) is 55.5 Å². The Morgan fingerprint density at radius 1 is 0.882 bits per heavy atom. The second-order valence-corrected chi connectivity index (χ2v) is 8.07. The van der Waals surface area contributed by atoms with E-state index < -0.39 is 6.04 Å². The third kappa shape index (κ3) is 8.61. The summed E-state index contributed by atoms with van der Waals surface area (Å²) in [7, 11) is 3.24. The highest BCUT2D eigenvalue weighted by Gasteiger charge is 2.28. The summed E-state index contributed by atoms with van der Waals surface area (Å²) in [6.45, 7) is 5.41. The van der Waals surface area contributed by atoms with Gasteiger partial charge in [0, 0.05) is 19.5 Å². The molecule has 0 radical (unpaired) electrons. The fraction of sp³-hybridized carbons (Fsp3) is 0.481. The molecule has 2 amide bonds. The van der Waals surface area contributed by atoms with Crippen molar-refractivity contribution in [3.8, 4) is 17.2 Å². The summed E-state index contributed by atoms with van der Waals surface area (Å²) in [5.41, 5.74) is 0.948. The van der Waals surface area contributed by atoms with Gasteiger partial charge in [0.1, 0.15) is 23.3 Å². The number of hydrogen-bond acceptors (Lipinski definition) is 5. The van der Waals surface area contributed by atoms with Crippen LogP contribution in [-0.4, -0.2) is 50.1 Å². The SMILES string of the molecule is CCCCNC(=O)C(CC)N(Cc1ccc(OC)cc1)C(=O)CCCOc1ccc(OC)cc1. The van der Waals surface area contributed by atoms with Crippen molar-refractivity contribution in [1.82, 2.24) is 10.2 Å². The van der Waals surface area contributed by atoms with E-state index >= 15 is 0 Å². The number of rotatable bonds is 15. The zero-order valence-corrected chi connectivity index (χ0v) is 20.8. The number of ether oxygens (including phenoxy) is 3. The Bertz CT molecular complexity index is 868. The Balaban J connectivity index is 2.02. The number of methoxy groups -OCH3 is 2. The minimum absolute atomic E-state index is 0.0633. The minimum atomic E-state index is -0.519. The van der Waals surface area contributed by atoms with Crippen LogP contribution in [0, 0.1) is 0 Å². The van der Waals surface area contributed by atoms with E-state index in [0.29, 0.717) is 39.0 Å². The highest BCUT2D eigenvalue weighted by Crippen LogP contribution is 2.19. The van der Waals surface area contributed by atoms with Gasteiger partial charge in [-0.1, -0.05) is 32.4 Å². The first-order valence-corrected chi connectivity index (χ1v) is 12.0. The van der Waals surface area contributed by atoms with Gasteiger partial charge in [0.15, 0.2) is 0 Å². The summed E-state index contributed by atoms with van der Waals surface area (Å²) in [6, 6.07) is 14.4. The van der Waals surface area contributed by atoms with Crippen molar-refractivity contribution in [2.45, 2.75) is 58.5 Å². The van der Waals surface area contributed by atoms with Gasteiger partial charge in [0.2, 0.25) is 11.8 Å². The molecule has 0 heterocycles. The topological polar surface area (TPSA) is 77.1 Å². The van der Waals surface area contributed by atoms with Crippen molar-refractivity contribution < 1.29 is 23.8 Å². The third-order valence-electron chi connectivity index (χ3n) is 5.59. The highest BCUT2D eigenvalue weighted by atomic mass is 16.5. The van der Waals surface area contributed by atoms with E-state index in [2.05, 4.69) is 12.2 Å². The zero-order chi connectivity index (χ0) is 24.8. The lowest BCUT2D eigenvalue weighted by molar-refractivity contribution is -0.141. The molecule has 0 aliphatic rings. The van der Waals surface area contributed by atoms with Gasteiger partial charge >= 0.3 is 0 Å². The van der Waals surface area contributed by atoms with Crippen LogP contribution in [0.3, 0.4) is 0 Å². The molecule has 0 fully saturated rings. The summed E-state index contributed by atoms with van der Waals surface area (Å²) in [6.07, 6.45) is 3.31. The smallest absolute Gasteiger partial charge is 0.242 e. The molecule has 34 heavy (non-hydrogen) atoms. The Hall–Kier alpha value is -3.22. The highest BCUT2D eigenvalue weighted by molar-refractivity contribution is 5.87. The summed E-state index contributed by atoms with van der Waals surface area (Å²) >= 11 is 0. The molecule has 2 aromatic rings. The molecule has 0 saturated carbocycles. The van der Waals surface area contributed by atoms with E-state index in [-0.39, 0.29) is 11.8 Å². The van der Waals surface area contributed by atoms with Gasteiger partial charge in [-0.3, -0.25) is 9.59 Å². The van der Waals surface area contributed by atoms with Crippen molar-refractivity contribution in [1.29, 1.82) is 0 Å². The van der Waals surface area contributed by atoms with Crippen LogP contribution in [0.4, 0.5) is 0 Å². The lowest BCUT2D eigenvalue weighted by Gasteiger charge is -2.31. The van der Waals surface area contributed by atoms with Crippen LogP contribution in [0.15, 0.2) is 48.5 Å². The standard InChI is InChI=1S/C27H38N2O5/c1-5-7-18-28-27(31)25(6-2)29(20-21-10-12-22(32-3)13-11-21)26(30)9-8-19-34-24-16-14-23(33-4)15-17-24/h10-17,25H,5-9,18-20H2,1-4H3,(H,28,31). The molecule has 7 nitrogen and oxygen atoms in total. The maximum atomic E-state index is 13.2. The normalized spacial score (nSPS) is 11.4. The van der Waals surface area contributed by atoms with Gasteiger partial charge in [0.05, 0.1) is 20.8 Å². The van der Waals surface area contributed by atoms with Crippen LogP contribution < -0.4 is 19.5 Å². The number of nitrogens with one attached hydrogen (secondary N) is 1. The third-order valence-corrected chi connectivity index (χ3v) is 5.59. The summed E-state index contributed by atoms with van der Waals surface area (Å²) in [5, 5.41) is 2.98. The fourth-order valence-electron chi connectivity index (χ4n) is 3.58. The van der Waals surface area contributed by atoms with Gasteiger partial charge in [0.25, 0.3) is 0 Å². The fourth-order valence-corrected chi connectivity index (χ4v) is 3.58. The lowest BCUT2D eigenvalue weighted by Crippen LogP contribution is -2.49. The van der Waals surface area contributed by atoms with Crippen molar-refractivity contribution in [2.24, 2.45) is 0 Å². The number of hydrogen-bond donors (Lipinski definition) is 1. The number of carbonyl (C=O) groups is 2. The van der Waals surface area contributed by atoms with Gasteiger partial charge in [-0.05, 0) is 61.2 Å². The van der Waals surface area contributed by atoms with E-state index in [1.54, 1.807) is 19.1 Å². The van der Waals surface area contributed by atoms with Crippen LogP contribution in [0.2, 0.25) is 0 Å². The van der Waals surface area contributed by atoms with Gasteiger partial charge < -0.3 is 24.4 Å². The molecule has 0 aromatic heterocycles. The summed E-state index contributed by atoms with van der Waals surface area (Å²) < 4.78 is 16.1. The van der Waals surface area contributed by atoms with Crippen LogP contribution >= 0.6 is 0 Å². The van der Waals surface area contributed by atoms with E-state index in [9.17, 15) is 9.59 Å². The predicted octanol–water partition coefficient (Wildman–Crippen LogP) is 4.59. The first-order chi connectivity index (χ1) is 16.5. The second kappa shape index (κ2) is 14.8. The number of carbonyl (C=O) groups excluding carboxylic acids is 2. The number of benzene rings is 2. The van der Waals surface area contributed by atoms with Gasteiger partial charge in [-0.15, -0.1) is 0 Å². The molecule has 2 aromatic carbocycles. The molecule has 1 atom stereocenters. The maximum Gasteiger partial charge on any atom is 0.242 e. The molecule has 2 rings (SSSR count). The molecule has 0 bridgehead atoms. The summed E-state index contributed by atoms with van der Waals surface area (Å²) in [5.74, 6) is 2.07. The maximum absolute atomic E-state index is 13.2. The zero-order valence-electron chi connectivity index (χ0n) is 20.8. The number of nitrogens with zero attached hydrogens (tertiary/aromatic N) is 1. The molecule has 1 N–H and O–H groups in total. The summed E-state index contributed by atoms with van der Waals surface area (Å²) in [4.78, 5) is 27.8. The lowest BCUT2D eigenvalue weighted by atomic mass is 10.1. The van der Waals surface area contributed by atoms with E-state index in [0.717, 1.165) is 35.7 Å². The second-order valence-electron chi connectivity index (χ2n) is 8.07. The first-order valence-electron chi connectivity index (χ1n) is 12.0. The van der Waals surface area contributed by atoms with Gasteiger partial charge in [-0.25, -0.2) is 0 Å². The molecule has 0 spiro atoms. The van der Waals surface area contributed by atoms with Gasteiger partial charge in [-0.2, -0.15) is 0 Å². The van der Waals surface area contributed by atoms with Crippen molar-refractivity contribution in [3.63, 3.8) is 0 Å². The minimum Gasteiger partial charge on any atom is -0.497 e. The van der Waals surface area contributed by atoms with Crippen LogP contribution in [0.5, 0.6) is 17.2 Å². The number of unbranched alkanes of at least 4 members (excludes halogenated alkanes) is 1. The molecular formula is C27H38N2O5. The molecule has 0 saturated heterocycles. The quantitative estimate of drug-likeness (QED) is 0.386. The van der Waals surface area contributed by atoms with E-state index in [1.165, 1.54) is 0 Å².